The van der Waals surface area contributed by atoms with Crippen LogP contribution in [0.5, 0.6) is 0 Å². The normalized spacial score (nSPS) is 20.3. The molecule has 1 unspecified atom stereocenters. The van der Waals surface area contributed by atoms with E-state index in [1.807, 2.05) is 0 Å². The highest BCUT2D eigenvalue weighted by molar-refractivity contribution is 5.23. The summed E-state index contributed by atoms with van der Waals surface area (Å²) >= 11 is 0. The summed E-state index contributed by atoms with van der Waals surface area (Å²) in [5.74, 6) is 0.457. The Morgan fingerprint density at radius 1 is 0.897 bits per heavy atom. The van der Waals surface area contributed by atoms with Crippen molar-refractivity contribution in [3.05, 3.63) is 47.3 Å². The van der Waals surface area contributed by atoms with Crippen LogP contribution in [-0.4, -0.2) is 0 Å². The Labute approximate surface area is 179 Å². The zero-order chi connectivity index (χ0) is 20.4. The lowest BCUT2D eigenvalue weighted by molar-refractivity contribution is 0.144. The van der Waals surface area contributed by atoms with Gasteiger partial charge in [0.2, 0.25) is 0 Å². The fraction of sp³-hybridized carbons (Fsp3) is 0.714. The van der Waals surface area contributed by atoms with E-state index in [1.54, 1.807) is 17.7 Å². The second kappa shape index (κ2) is 11.9. The van der Waals surface area contributed by atoms with Gasteiger partial charge in [0.1, 0.15) is 5.82 Å². The van der Waals surface area contributed by atoms with Crippen LogP contribution in [0, 0.1) is 11.2 Å². The number of hydrogen-bond donors (Lipinski definition) is 0. The van der Waals surface area contributed by atoms with Gasteiger partial charge in [-0.1, -0.05) is 75.7 Å². The van der Waals surface area contributed by atoms with Gasteiger partial charge in [-0.25, -0.2) is 4.39 Å². The molecular formula is C28H43F. The van der Waals surface area contributed by atoms with Crippen LogP contribution < -0.4 is 0 Å². The van der Waals surface area contributed by atoms with Crippen LogP contribution in [0.15, 0.2) is 35.9 Å². The van der Waals surface area contributed by atoms with Gasteiger partial charge in [-0.3, -0.25) is 0 Å². The highest BCUT2D eigenvalue weighted by Gasteiger charge is 2.32. The first-order chi connectivity index (χ1) is 14.2. The second-order valence-electron chi connectivity index (χ2n) is 9.97. The van der Waals surface area contributed by atoms with Crippen LogP contribution in [0.4, 0.5) is 4.39 Å². The van der Waals surface area contributed by atoms with Crippen molar-refractivity contribution < 1.29 is 4.39 Å². The number of allylic oxidation sites excluding steroid dienone is 2. The third kappa shape index (κ3) is 7.26. The number of unbranched alkanes of at least 4 members (excludes halogenated alkanes) is 3. The lowest BCUT2D eigenvalue weighted by atomic mass is 9.66. The summed E-state index contributed by atoms with van der Waals surface area (Å²) in [6, 6.07) is 7.44. The minimum absolute atomic E-state index is 0.107. The minimum atomic E-state index is -0.107. The van der Waals surface area contributed by atoms with Gasteiger partial charge >= 0.3 is 0 Å². The molecule has 1 heteroatoms. The van der Waals surface area contributed by atoms with Crippen LogP contribution in [0.3, 0.4) is 0 Å². The quantitative estimate of drug-likeness (QED) is 0.257. The lowest BCUT2D eigenvalue weighted by Gasteiger charge is -2.39. The zero-order valence-electron chi connectivity index (χ0n) is 18.9. The van der Waals surface area contributed by atoms with Crippen molar-refractivity contribution in [2.75, 3.05) is 0 Å². The van der Waals surface area contributed by atoms with E-state index in [9.17, 15) is 4.39 Å². The third-order valence-electron chi connectivity index (χ3n) is 7.73. The van der Waals surface area contributed by atoms with E-state index in [0.29, 0.717) is 11.3 Å². The molecule has 1 aromatic carbocycles. The van der Waals surface area contributed by atoms with E-state index in [1.165, 1.54) is 115 Å². The van der Waals surface area contributed by atoms with Crippen molar-refractivity contribution in [1.82, 2.24) is 0 Å². The van der Waals surface area contributed by atoms with E-state index in [0.717, 1.165) is 0 Å². The minimum Gasteiger partial charge on any atom is -0.207 e. The smallest absolute Gasteiger partial charge is 0.123 e. The van der Waals surface area contributed by atoms with Crippen LogP contribution in [-0.2, 0) is 0 Å². The van der Waals surface area contributed by atoms with E-state index in [4.69, 9.17) is 0 Å². The molecule has 29 heavy (non-hydrogen) atoms. The molecule has 0 N–H and O–H groups in total. The Hall–Kier alpha value is -1.11. The molecule has 1 saturated carbocycles. The fourth-order valence-electron chi connectivity index (χ4n) is 5.86. The molecule has 1 atom stereocenters. The molecule has 2 aliphatic rings. The van der Waals surface area contributed by atoms with E-state index in [2.05, 4.69) is 25.1 Å². The number of halogens is 1. The van der Waals surface area contributed by atoms with Gasteiger partial charge in [-0.15, -0.1) is 0 Å². The number of hydrogen-bond acceptors (Lipinski definition) is 0. The molecule has 2 aliphatic carbocycles. The van der Waals surface area contributed by atoms with Gasteiger partial charge < -0.3 is 0 Å². The second-order valence-corrected chi connectivity index (χ2v) is 9.97. The maximum Gasteiger partial charge on any atom is 0.123 e. The molecule has 3 rings (SSSR count). The molecule has 0 saturated heterocycles. The van der Waals surface area contributed by atoms with Crippen LogP contribution in [0.2, 0.25) is 0 Å². The van der Waals surface area contributed by atoms with E-state index >= 15 is 0 Å². The predicted octanol–water partition coefficient (Wildman–Crippen LogP) is 9.50. The Balaban J connectivity index is 1.67. The average molecular weight is 399 g/mol. The van der Waals surface area contributed by atoms with Crippen molar-refractivity contribution in [3.63, 3.8) is 0 Å². The summed E-state index contributed by atoms with van der Waals surface area (Å²) in [6.07, 6.45) is 25.7. The van der Waals surface area contributed by atoms with Gasteiger partial charge in [-0.05, 0) is 93.2 Å². The van der Waals surface area contributed by atoms with E-state index in [-0.39, 0.29) is 5.82 Å². The molecule has 1 aromatic rings. The molecule has 0 aliphatic heterocycles. The SMILES string of the molecule is CCCCCCC1(CCC(CC2=CCCCC2)c2ccc(F)cc2)CCCCC1. The number of rotatable bonds is 11. The van der Waals surface area contributed by atoms with Crippen molar-refractivity contribution in [3.8, 4) is 0 Å². The summed E-state index contributed by atoms with van der Waals surface area (Å²) in [5, 5.41) is 0. The Morgan fingerprint density at radius 3 is 2.38 bits per heavy atom. The zero-order valence-corrected chi connectivity index (χ0v) is 18.9. The first-order valence-corrected chi connectivity index (χ1v) is 12.6. The highest BCUT2D eigenvalue weighted by atomic mass is 19.1. The Kier molecular flexibility index (Phi) is 9.28. The first kappa shape index (κ1) is 22.6. The molecular weight excluding hydrogens is 355 g/mol. The molecule has 0 amide bonds. The highest BCUT2D eigenvalue weighted by Crippen LogP contribution is 2.46. The summed E-state index contributed by atoms with van der Waals surface area (Å²) in [7, 11) is 0. The largest absolute Gasteiger partial charge is 0.207 e. The van der Waals surface area contributed by atoms with Crippen LogP contribution >= 0.6 is 0 Å². The van der Waals surface area contributed by atoms with E-state index < -0.39 is 0 Å². The van der Waals surface area contributed by atoms with Gasteiger partial charge in [0.05, 0.1) is 0 Å². The third-order valence-corrected chi connectivity index (χ3v) is 7.73. The average Bonchev–Trinajstić information content (AvgIpc) is 2.76. The van der Waals surface area contributed by atoms with Crippen LogP contribution in [0.1, 0.15) is 128 Å². The summed E-state index contributed by atoms with van der Waals surface area (Å²) < 4.78 is 13.5. The Morgan fingerprint density at radius 2 is 1.69 bits per heavy atom. The molecule has 1 fully saturated rings. The summed E-state index contributed by atoms with van der Waals surface area (Å²) in [5.41, 5.74) is 3.60. The summed E-state index contributed by atoms with van der Waals surface area (Å²) in [4.78, 5) is 0. The first-order valence-electron chi connectivity index (χ1n) is 12.6. The van der Waals surface area contributed by atoms with Crippen LogP contribution in [0.25, 0.3) is 0 Å². The maximum atomic E-state index is 13.5. The number of benzene rings is 1. The maximum absolute atomic E-state index is 13.5. The molecule has 0 bridgehead atoms. The molecule has 0 heterocycles. The van der Waals surface area contributed by atoms with Gasteiger partial charge in [0, 0.05) is 0 Å². The van der Waals surface area contributed by atoms with Crippen molar-refractivity contribution in [2.24, 2.45) is 5.41 Å². The predicted molar refractivity (Wildman–Crippen MR) is 124 cm³/mol. The Bertz CT molecular complexity index is 606. The topological polar surface area (TPSA) is 0 Å². The molecule has 0 radical (unpaired) electrons. The fourth-order valence-corrected chi connectivity index (χ4v) is 5.86. The molecule has 162 valence electrons. The van der Waals surface area contributed by atoms with Gasteiger partial charge in [0.15, 0.2) is 0 Å². The molecule has 0 spiro atoms. The van der Waals surface area contributed by atoms with Crippen molar-refractivity contribution in [2.45, 2.75) is 122 Å². The standard InChI is InChI=1S/C28H43F/c1-2-3-4-9-19-28(20-10-6-11-21-28)22-18-26(23-24-12-7-5-8-13-24)25-14-16-27(29)17-15-25/h12,14-17,26H,2-11,13,18-23H2,1H3. The monoisotopic (exact) mass is 398 g/mol. The molecule has 0 aromatic heterocycles. The van der Waals surface area contributed by atoms with Gasteiger partial charge in [-0.2, -0.15) is 0 Å². The van der Waals surface area contributed by atoms with Crippen molar-refractivity contribution >= 4 is 0 Å². The molecule has 0 nitrogen and oxygen atoms in total. The van der Waals surface area contributed by atoms with Crippen molar-refractivity contribution in [1.29, 1.82) is 0 Å². The van der Waals surface area contributed by atoms with Gasteiger partial charge in [0.25, 0.3) is 0 Å². The summed E-state index contributed by atoms with van der Waals surface area (Å²) in [6.45, 7) is 2.31. The lowest BCUT2D eigenvalue weighted by Crippen LogP contribution is -2.25.